The second-order valence-electron chi connectivity index (χ2n) is 5.09. The SMILES string of the molecule is CC(C)c1cc(C(=O)OCC2CCOC2)cc(Cl)n1. The van der Waals surface area contributed by atoms with Crippen LogP contribution in [0, 0.1) is 5.92 Å². The molecule has 2 rings (SSSR count). The van der Waals surface area contributed by atoms with Gasteiger partial charge in [0, 0.05) is 18.2 Å². The lowest BCUT2D eigenvalue weighted by atomic mass is 10.1. The van der Waals surface area contributed by atoms with Crippen LogP contribution in [-0.2, 0) is 9.47 Å². The van der Waals surface area contributed by atoms with Gasteiger partial charge < -0.3 is 9.47 Å². The van der Waals surface area contributed by atoms with E-state index in [1.807, 2.05) is 13.8 Å². The Bertz CT molecular complexity index is 456. The fraction of sp³-hybridized carbons (Fsp3) is 0.571. The van der Waals surface area contributed by atoms with E-state index in [-0.39, 0.29) is 11.9 Å². The molecule has 1 aromatic rings. The van der Waals surface area contributed by atoms with Gasteiger partial charge in [-0.3, -0.25) is 0 Å². The van der Waals surface area contributed by atoms with Crippen molar-refractivity contribution in [2.75, 3.05) is 19.8 Å². The smallest absolute Gasteiger partial charge is 0.338 e. The number of halogens is 1. The van der Waals surface area contributed by atoms with Crippen molar-refractivity contribution in [2.45, 2.75) is 26.2 Å². The zero-order valence-corrected chi connectivity index (χ0v) is 11.9. The first-order valence-electron chi connectivity index (χ1n) is 6.48. The molecule has 4 nitrogen and oxygen atoms in total. The molecule has 0 spiro atoms. The van der Waals surface area contributed by atoms with E-state index >= 15 is 0 Å². The van der Waals surface area contributed by atoms with Gasteiger partial charge in [0.05, 0.1) is 18.8 Å². The Labute approximate surface area is 118 Å². The number of aromatic nitrogens is 1. The van der Waals surface area contributed by atoms with E-state index in [0.717, 1.165) is 18.7 Å². The van der Waals surface area contributed by atoms with Crippen molar-refractivity contribution >= 4 is 17.6 Å². The molecular formula is C14H18ClNO3. The van der Waals surface area contributed by atoms with E-state index < -0.39 is 0 Å². The summed E-state index contributed by atoms with van der Waals surface area (Å²) in [5.74, 6) is 0.178. The van der Waals surface area contributed by atoms with Crippen molar-refractivity contribution in [3.05, 3.63) is 28.5 Å². The predicted octanol–water partition coefficient (Wildman–Crippen LogP) is 3.05. The van der Waals surface area contributed by atoms with Crippen molar-refractivity contribution < 1.29 is 14.3 Å². The first-order chi connectivity index (χ1) is 9.06. The number of pyridine rings is 1. The number of hydrogen-bond acceptors (Lipinski definition) is 4. The summed E-state index contributed by atoms with van der Waals surface area (Å²) in [7, 11) is 0. The monoisotopic (exact) mass is 283 g/mol. The number of rotatable bonds is 4. The predicted molar refractivity (Wildman–Crippen MR) is 72.5 cm³/mol. The maximum Gasteiger partial charge on any atom is 0.338 e. The van der Waals surface area contributed by atoms with Crippen LogP contribution in [0.3, 0.4) is 0 Å². The molecule has 1 unspecified atom stereocenters. The van der Waals surface area contributed by atoms with E-state index in [2.05, 4.69) is 4.98 Å². The molecule has 1 atom stereocenters. The zero-order chi connectivity index (χ0) is 13.8. The Morgan fingerprint density at radius 2 is 2.37 bits per heavy atom. The summed E-state index contributed by atoms with van der Waals surface area (Å²) < 4.78 is 10.5. The largest absolute Gasteiger partial charge is 0.462 e. The number of carbonyl (C=O) groups excluding carboxylic acids is 1. The Morgan fingerprint density at radius 3 is 3.00 bits per heavy atom. The minimum absolute atomic E-state index is 0.216. The van der Waals surface area contributed by atoms with Gasteiger partial charge in [0.2, 0.25) is 0 Å². The molecule has 0 amide bonds. The fourth-order valence-corrected chi connectivity index (χ4v) is 2.14. The molecule has 0 saturated carbocycles. The lowest BCUT2D eigenvalue weighted by Crippen LogP contribution is -2.15. The van der Waals surface area contributed by atoms with Crippen molar-refractivity contribution in [1.29, 1.82) is 0 Å². The van der Waals surface area contributed by atoms with Crippen LogP contribution in [0.4, 0.5) is 0 Å². The van der Waals surface area contributed by atoms with Crippen molar-refractivity contribution in [2.24, 2.45) is 5.92 Å². The quantitative estimate of drug-likeness (QED) is 0.629. The van der Waals surface area contributed by atoms with Gasteiger partial charge in [-0.25, -0.2) is 9.78 Å². The van der Waals surface area contributed by atoms with Gasteiger partial charge in [-0.05, 0) is 24.5 Å². The molecule has 5 heteroatoms. The van der Waals surface area contributed by atoms with E-state index in [1.165, 1.54) is 0 Å². The highest BCUT2D eigenvalue weighted by atomic mass is 35.5. The van der Waals surface area contributed by atoms with Gasteiger partial charge in [-0.1, -0.05) is 25.4 Å². The van der Waals surface area contributed by atoms with Crippen molar-refractivity contribution in [3.63, 3.8) is 0 Å². The molecule has 1 aliphatic heterocycles. The van der Waals surface area contributed by atoms with Crippen LogP contribution >= 0.6 is 11.6 Å². The van der Waals surface area contributed by atoms with Gasteiger partial charge in [-0.15, -0.1) is 0 Å². The minimum Gasteiger partial charge on any atom is -0.462 e. The second kappa shape index (κ2) is 6.35. The molecule has 1 aromatic heterocycles. The first kappa shape index (κ1) is 14.3. The number of ether oxygens (including phenoxy) is 2. The molecular weight excluding hydrogens is 266 g/mol. The Kier molecular flexibility index (Phi) is 4.77. The lowest BCUT2D eigenvalue weighted by molar-refractivity contribution is 0.0428. The van der Waals surface area contributed by atoms with Gasteiger partial charge in [0.15, 0.2) is 0 Å². The van der Waals surface area contributed by atoms with Crippen LogP contribution in [0.1, 0.15) is 42.2 Å². The molecule has 0 radical (unpaired) electrons. The summed E-state index contributed by atoms with van der Waals surface area (Å²) in [5.41, 5.74) is 1.26. The van der Waals surface area contributed by atoms with Gasteiger partial charge in [0.25, 0.3) is 0 Å². The van der Waals surface area contributed by atoms with Crippen molar-refractivity contribution in [3.8, 4) is 0 Å². The third-order valence-corrected chi connectivity index (χ3v) is 3.31. The topological polar surface area (TPSA) is 48.4 Å². The van der Waals surface area contributed by atoms with Crippen LogP contribution < -0.4 is 0 Å². The van der Waals surface area contributed by atoms with E-state index in [0.29, 0.717) is 29.8 Å². The molecule has 104 valence electrons. The molecule has 1 fully saturated rings. The van der Waals surface area contributed by atoms with E-state index in [9.17, 15) is 4.79 Å². The summed E-state index contributed by atoms with van der Waals surface area (Å²) in [6.45, 7) is 5.82. The average molecular weight is 284 g/mol. The van der Waals surface area contributed by atoms with Crippen LogP contribution in [0.2, 0.25) is 5.15 Å². The third-order valence-electron chi connectivity index (χ3n) is 3.12. The number of esters is 1. The Hall–Kier alpha value is -1.13. The highest BCUT2D eigenvalue weighted by Gasteiger charge is 2.19. The first-order valence-corrected chi connectivity index (χ1v) is 6.86. The average Bonchev–Trinajstić information content (AvgIpc) is 2.88. The zero-order valence-electron chi connectivity index (χ0n) is 11.2. The molecule has 0 aliphatic carbocycles. The van der Waals surface area contributed by atoms with E-state index in [1.54, 1.807) is 12.1 Å². The standard InChI is InChI=1S/C14H18ClNO3/c1-9(2)12-5-11(6-13(15)16-12)14(17)19-8-10-3-4-18-7-10/h5-6,9-10H,3-4,7-8H2,1-2H3. The molecule has 19 heavy (non-hydrogen) atoms. The van der Waals surface area contributed by atoms with Crippen LogP contribution in [0.25, 0.3) is 0 Å². The van der Waals surface area contributed by atoms with Crippen molar-refractivity contribution in [1.82, 2.24) is 4.98 Å². The van der Waals surface area contributed by atoms with Crippen LogP contribution in [-0.4, -0.2) is 30.8 Å². The summed E-state index contributed by atoms with van der Waals surface area (Å²) in [6, 6.07) is 3.28. The van der Waals surface area contributed by atoms with E-state index in [4.69, 9.17) is 21.1 Å². The highest BCUT2D eigenvalue weighted by molar-refractivity contribution is 6.29. The van der Waals surface area contributed by atoms with Gasteiger partial charge in [-0.2, -0.15) is 0 Å². The molecule has 2 heterocycles. The fourth-order valence-electron chi connectivity index (χ4n) is 1.92. The van der Waals surface area contributed by atoms with Crippen LogP contribution in [0.15, 0.2) is 12.1 Å². The number of hydrogen-bond donors (Lipinski definition) is 0. The summed E-state index contributed by atoms with van der Waals surface area (Å²) in [6.07, 6.45) is 0.946. The summed E-state index contributed by atoms with van der Waals surface area (Å²) >= 11 is 5.93. The molecule has 1 saturated heterocycles. The highest BCUT2D eigenvalue weighted by Crippen LogP contribution is 2.19. The molecule has 0 aromatic carbocycles. The lowest BCUT2D eigenvalue weighted by Gasteiger charge is -2.11. The summed E-state index contributed by atoms with van der Waals surface area (Å²) in [4.78, 5) is 16.2. The normalized spacial score (nSPS) is 18.8. The van der Waals surface area contributed by atoms with Crippen LogP contribution in [0.5, 0.6) is 0 Å². The maximum absolute atomic E-state index is 12.0. The summed E-state index contributed by atoms with van der Waals surface area (Å²) in [5, 5.41) is 0.322. The second-order valence-corrected chi connectivity index (χ2v) is 5.47. The minimum atomic E-state index is -0.349. The molecule has 1 aliphatic rings. The number of carbonyl (C=O) groups is 1. The van der Waals surface area contributed by atoms with Gasteiger partial charge in [0.1, 0.15) is 5.15 Å². The Balaban J connectivity index is 2.01. The number of nitrogens with zero attached hydrogens (tertiary/aromatic N) is 1. The van der Waals surface area contributed by atoms with Gasteiger partial charge >= 0.3 is 5.97 Å². The Morgan fingerprint density at radius 1 is 1.58 bits per heavy atom. The molecule has 0 bridgehead atoms. The third kappa shape index (κ3) is 3.91. The maximum atomic E-state index is 12.0. The molecule has 0 N–H and O–H groups in total.